The molecule has 1 N–H and O–H groups in total. The molecule has 4 nitrogen and oxygen atoms in total. The monoisotopic (exact) mass is 234 g/mol. The topological polar surface area (TPSA) is 49.4 Å². The first-order valence-electron chi connectivity index (χ1n) is 5.54. The van der Waals surface area contributed by atoms with Crippen LogP contribution in [0, 0.1) is 0 Å². The normalized spacial score (nSPS) is 20.5. The maximum absolute atomic E-state index is 11.9. The van der Waals surface area contributed by atoms with Gasteiger partial charge in [0.1, 0.15) is 0 Å². The summed E-state index contributed by atoms with van der Waals surface area (Å²) in [4.78, 5) is 2.23. The van der Waals surface area contributed by atoms with Gasteiger partial charge in [-0.3, -0.25) is 4.90 Å². The van der Waals surface area contributed by atoms with Crippen molar-refractivity contribution in [1.82, 2.24) is 10.2 Å². The number of sulfone groups is 1. The van der Waals surface area contributed by atoms with Crippen LogP contribution < -0.4 is 5.32 Å². The summed E-state index contributed by atoms with van der Waals surface area (Å²) in [5, 5.41) is 3.26. The zero-order chi connectivity index (χ0) is 11.5. The van der Waals surface area contributed by atoms with Crippen LogP contribution in [0.5, 0.6) is 0 Å². The van der Waals surface area contributed by atoms with Crippen molar-refractivity contribution in [1.29, 1.82) is 0 Å². The van der Waals surface area contributed by atoms with E-state index in [9.17, 15) is 8.42 Å². The molecule has 0 aromatic rings. The third kappa shape index (κ3) is 3.16. The molecule has 1 saturated heterocycles. The minimum atomic E-state index is -2.96. The second-order valence-electron chi connectivity index (χ2n) is 4.69. The Labute approximate surface area is 93.0 Å². The Bertz CT molecular complexity index is 293. The highest BCUT2D eigenvalue weighted by molar-refractivity contribution is 7.92. The highest BCUT2D eigenvalue weighted by Gasteiger charge is 2.34. The fourth-order valence-corrected chi connectivity index (χ4v) is 3.06. The first-order valence-corrected chi connectivity index (χ1v) is 7.19. The van der Waals surface area contributed by atoms with Gasteiger partial charge in [-0.05, 0) is 13.8 Å². The van der Waals surface area contributed by atoms with Gasteiger partial charge in [-0.2, -0.15) is 0 Å². The van der Waals surface area contributed by atoms with E-state index in [1.807, 2.05) is 13.8 Å². The molecule has 0 aromatic carbocycles. The summed E-state index contributed by atoms with van der Waals surface area (Å²) in [5.41, 5.74) is 0. The molecule has 1 aliphatic heterocycles. The molecule has 1 aliphatic rings. The van der Waals surface area contributed by atoms with Gasteiger partial charge in [0.05, 0.1) is 4.75 Å². The predicted octanol–water partition coefficient (Wildman–Crippen LogP) is 0.105. The maximum atomic E-state index is 11.9. The predicted molar refractivity (Wildman–Crippen MR) is 62.8 cm³/mol. The first kappa shape index (κ1) is 12.9. The average molecular weight is 234 g/mol. The zero-order valence-corrected chi connectivity index (χ0v) is 10.7. The van der Waals surface area contributed by atoms with Crippen molar-refractivity contribution < 1.29 is 8.42 Å². The molecule has 90 valence electrons. The zero-order valence-electron chi connectivity index (χ0n) is 9.91. The molecule has 0 radical (unpaired) electrons. The molecule has 0 bridgehead atoms. The third-order valence-electron chi connectivity index (χ3n) is 3.04. The van der Waals surface area contributed by atoms with E-state index < -0.39 is 14.6 Å². The molecule has 15 heavy (non-hydrogen) atoms. The Kier molecular flexibility index (Phi) is 4.14. The number of hydrogen-bond acceptors (Lipinski definition) is 4. The van der Waals surface area contributed by atoms with Crippen LogP contribution in [0.3, 0.4) is 0 Å². The van der Waals surface area contributed by atoms with Crippen molar-refractivity contribution in [2.24, 2.45) is 0 Å². The van der Waals surface area contributed by atoms with Crippen LogP contribution in [-0.2, 0) is 9.84 Å². The molecule has 1 rings (SSSR count). The fourth-order valence-electron chi connectivity index (χ4n) is 1.90. The summed E-state index contributed by atoms with van der Waals surface area (Å²) in [5.74, 6) is 0.228. The lowest BCUT2D eigenvalue weighted by Gasteiger charge is -2.34. The summed E-state index contributed by atoms with van der Waals surface area (Å²) in [7, 11) is -2.96. The molecule has 0 unspecified atom stereocenters. The molecule has 0 saturated carbocycles. The van der Waals surface area contributed by atoms with E-state index in [2.05, 4.69) is 10.2 Å². The van der Waals surface area contributed by atoms with Crippen LogP contribution >= 0.6 is 0 Å². The second-order valence-corrected chi connectivity index (χ2v) is 7.60. The smallest absolute Gasteiger partial charge is 0.156 e. The molecular weight excluding hydrogens is 212 g/mol. The standard InChI is InChI=1S/C10H22N2O2S/c1-4-15(13,14)10(2,3)9-12-7-5-11-6-8-12/h11H,4-9H2,1-3H3. The van der Waals surface area contributed by atoms with E-state index in [-0.39, 0.29) is 5.75 Å². The van der Waals surface area contributed by atoms with E-state index in [0.29, 0.717) is 6.54 Å². The van der Waals surface area contributed by atoms with Crippen molar-refractivity contribution in [2.75, 3.05) is 38.5 Å². The summed E-state index contributed by atoms with van der Waals surface area (Å²) >= 11 is 0. The van der Waals surface area contributed by atoms with Gasteiger partial charge >= 0.3 is 0 Å². The van der Waals surface area contributed by atoms with Crippen LogP contribution in [0.2, 0.25) is 0 Å². The van der Waals surface area contributed by atoms with Gasteiger partial charge in [-0.1, -0.05) is 6.92 Å². The molecule has 1 heterocycles. The maximum Gasteiger partial charge on any atom is 0.156 e. The number of hydrogen-bond donors (Lipinski definition) is 1. The van der Waals surface area contributed by atoms with E-state index in [0.717, 1.165) is 26.2 Å². The van der Waals surface area contributed by atoms with Crippen LogP contribution in [0.25, 0.3) is 0 Å². The largest absolute Gasteiger partial charge is 0.314 e. The van der Waals surface area contributed by atoms with Crippen LogP contribution in [0.15, 0.2) is 0 Å². The molecule has 0 aromatic heterocycles. The van der Waals surface area contributed by atoms with Crippen molar-refractivity contribution in [3.8, 4) is 0 Å². The lowest BCUT2D eigenvalue weighted by Crippen LogP contribution is -2.51. The van der Waals surface area contributed by atoms with Gasteiger partial charge in [0.2, 0.25) is 0 Å². The number of rotatable bonds is 4. The van der Waals surface area contributed by atoms with Crippen LogP contribution in [0.4, 0.5) is 0 Å². The van der Waals surface area contributed by atoms with E-state index in [1.54, 1.807) is 6.92 Å². The first-order chi connectivity index (χ1) is 6.89. The highest BCUT2D eigenvalue weighted by atomic mass is 32.2. The minimum Gasteiger partial charge on any atom is -0.314 e. The van der Waals surface area contributed by atoms with Gasteiger partial charge in [-0.15, -0.1) is 0 Å². The minimum absolute atomic E-state index is 0.228. The van der Waals surface area contributed by atoms with Crippen LogP contribution in [0.1, 0.15) is 20.8 Å². The Morgan fingerprint density at radius 3 is 2.27 bits per heavy atom. The lowest BCUT2D eigenvalue weighted by molar-refractivity contribution is 0.223. The Hall–Kier alpha value is -0.130. The van der Waals surface area contributed by atoms with E-state index in [4.69, 9.17) is 0 Å². The van der Waals surface area contributed by atoms with E-state index >= 15 is 0 Å². The van der Waals surface area contributed by atoms with Crippen molar-refractivity contribution in [3.63, 3.8) is 0 Å². The fraction of sp³-hybridized carbons (Fsp3) is 1.00. The molecule has 5 heteroatoms. The average Bonchev–Trinajstić information content (AvgIpc) is 2.18. The molecule has 1 fully saturated rings. The number of nitrogens with one attached hydrogen (secondary N) is 1. The highest BCUT2D eigenvalue weighted by Crippen LogP contribution is 2.19. The molecule has 0 atom stereocenters. The summed E-state index contributed by atoms with van der Waals surface area (Å²) in [6.45, 7) is 9.83. The molecule has 0 amide bonds. The van der Waals surface area contributed by atoms with Gasteiger partial charge in [0, 0.05) is 38.5 Å². The van der Waals surface area contributed by atoms with Crippen molar-refractivity contribution >= 4 is 9.84 Å². The second kappa shape index (κ2) is 4.80. The summed E-state index contributed by atoms with van der Waals surface area (Å²) in [6.07, 6.45) is 0. The van der Waals surface area contributed by atoms with Crippen LogP contribution in [-0.4, -0.2) is 56.5 Å². The number of nitrogens with zero attached hydrogens (tertiary/aromatic N) is 1. The van der Waals surface area contributed by atoms with Crippen molar-refractivity contribution in [2.45, 2.75) is 25.5 Å². The number of piperazine rings is 1. The molecule has 0 spiro atoms. The molecule has 0 aliphatic carbocycles. The molecular formula is C10H22N2O2S. The van der Waals surface area contributed by atoms with Gasteiger partial charge in [-0.25, -0.2) is 8.42 Å². The quantitative estimate of drug-likeness (QED) is 0.750. The van der Waals surface area contributed by atoms with E-state index in [1.165, 1.54) is 0 Å². The Morgan fingerprint density at radius 1 is 1.27 bits per heavy atom. The van der Waals surface area contributed by atoms with Gasteiger partial charge in [0.25, 0.3) is 0 Å². The summed E-state index contributed by atoms with van der Waals surface area (Å²) < 4.78 is 23.1. The summed E-state index contributed by atoms with van der Waals surface area (Å²) in [6, 6.07) is 0. The Balaban J connectivity index is 2.62. The lowest BCUT2D eigenvalue weighted by atomic mass is 10.2. The third-order valence-corrected chi connectivity index (χ3v) is 5.61. The van der Waals surface area contributed by atoms with Gasteiger partial charge < -0.3 is 5.32 Å². The Morgan fingerprint density at radius 2 is 1.80 bits per heavy atom. The SMILES string of the molecule is CCS(=O)(=O)C(C)(C)CN1CCNCC1. The van der Waals surface area contributed by atoms with Gasteiger partial charge in [0.15, 0.2) is 9.84 Å². The van der Waals surface area contributed by atoms with Crippen molar-refractivity contribution in [3.05, 3.63) is 0 Å².